The van der Waals surface area contributed by atoms with E-state index in [4.69, 9.17) is 0 Å². The van der Waals surface area contributed by atoms with Crippen LogP contribution in [0.4, 0.5) is 10.2 Å². The smallest absolute Gasteiger partial charge is 0.161 e. The molecular formula is C16H18FN3O. The van der Waals surface area contributed by atoms with Gasteiger partial charge in [0.05, 0.1) is 6.10 Å². The zero-order valence-corrected chi connectivity index (χ0v) is 12.0. The standard InChI is InChI=1S/C16H18FN3O/c1-11-4-5-12(17)9-14(11)16-18-7-6-15(19-16)20-8-2-3-13(21)10-20/h4-7,9,13,21H,2-3,8,10H2,1H3. The van der Waals surface area contributed by atoms with E-state index in [9.17, 15) is 9.50 Å². The Balaban J connectivity index is 1.94. The number of rotatable bonds is 2. The molecule has 2 heterocycles. The first-order chi connectivity index (χ1) is 10.1. The predicted molar refractivity (Wildman–Crippen MR) is 79.6 cm³/mol. The molecule has 0 radical (unpaired) electrons. The molecule has 1 unspecified atom stereocenters. The van der Waals surface area contributed by atoms with Crippen molar-refractivity contribution >= 4 is 5.82 Å². The first-order valence-corrected chi connectivity index (χ1v) is 7.16. The summed E-state index contributed by atoms with van der Waals surface area (Å²) in [7, 11) is 0. The van der Waals surface area contributed by atoms with E-state index in [1.165, 1.54) is 12.1 Å². The molecule has 110 valence electrons. The quantitative estimate of drug-likeness (QED) is 0.922. The molecule has 5 heteroatoms. The second-order valence-corrected chi connectivity index (χ2v) is 5.44. The number of nitrogens with zero attached hydrogens (tertiary/aromatic N) is 3. The van der Waals surface area contributed by atoms with Crippen molar-refractivity contribution in [2.45, 2.75) is 25.9 Å². The van der Waals surface area contributed by atoms with Crippen LogP contribution < -0.4 is 4.90 Å². The van der Waals surface area contributed by atoms with E-state index in [0.717, 1.165) is 30.8 Å². The maximum absolute atomic E-state index is 13.4. The van der Waals surface area contributed by atoms with Gasteiger partial charge in [-0.05, 0) is 43.5 Å². The summed E-state index contributed by atoms with van der Waals surface area (Å²) in [4.78, 5) is 10.8. The Morgan fingerprint density at radius 2 is 2.19 bits per heavy atom. The number of aliphatic hydroxyl groups is 1. The number of β-amino-alcohol motifs (C(OH)–C–C–N with tert-alkyl or cyclic N) is 1. The first kappa shape index (κ1) is 13.9. The molecule has 1 aliphatic rings. The van der Waals surface area contributed by atoms with Crippen molar-refractivity contribution in [3.63, 3.8) is 0 Å². The monoisotopic (exact) mass is 287 g/mol. The molecule has 1 N–H and O–H groups in total. The fourth-order valence-corrected chi connectivity index (χ4v) is 2.65. The summed E-state index contributed by atoms with van der Waals surface area (Å²) in [6.07, 6.45) is 3.15. The van der Waals surface area contributed by atoms with Gasteiger partial charge in [0.1, 0.15) is 11.6 Å². The molecule has 1 aromatic carbocycles. The van der Waals surface area contributed by atoms with Gasteiger partial charge in [-0.25, -0.2) is 14.4 Å². The van der Waals surface area contributed by atoms with Gasteiger partial charge in [-0.1, -0.05) is 6.07 Å². The molecule has 4 nitrogen and oxygen atoms in total. The van der Waals surface area contributed by atoms with Gasteiger partial charge in [0.25, 0.3) is 0 Å². The Hall–Kier alpha value is -2.01. The highest BCUT2D eigenvalue weighted by Gasteiger charge is 2.19. The molecule has 21 heavy (non-hydrogen) atoms. The lowest BCUT2D eigenvalue weighted by Crippen LogP contribution is -2.38. The van der Waals surface area contributed by atoms with E-state index in [0.29, 0.717) is 17.9 Å². The summed E-state index contributed by atoms with van der Waals surface area (Å²) >= 11 is 0. The number of aryl methyl sites for hydroxylation is 1. The van der Waals surface area contributed by atoms with Crippen molar-refractivity contribution in [3.8, 4) is 11.4 Å². The van der Waals surface area contributed by atoms with Crippen LogP contribution in [0.5, 0.6) is 0 Å². The largest absolute Gasteiger partial charge is 0.391 e. The van der Waals surface area contributed by atoms with Crippen molar-refractivity contribution in [2.75, 3.05) is 18.0 Å². The minimum atomic E-state index is -0.312. The molecule has 0 spiro atoms. The SMILES string of the molecule is Cc1ccc(F)cc1-c1nccc(N2CCCC(O)C2)n1. The average Bonchev–Trinajstić information content (AvgIpc) is 2.50. The van der Waals surface area contributed by atoms with Gasteiger partial charge >= 0.3 is 0 Å². The second-order valence-electron chi connectivity index (χ2n) is 5.44. The lowest BCUT2D eigenvalue weighted by atomic mass is 10.1. The van der Waals surface area contributed by atoms with Gasteiger partial charge < -0.3 is 10.0 Å². The number of piperidine rings is 1. The zero-order valence-electron chi connectivity index (χ0n) is 12.0. The van der Waals surface area contributed by atoms with Crippen LogP contribution in [0.25, 0.3) is 11.4 Å². The summed E-state index contributed by atoms with van der Waals surface area (Å²) in [6.45, 7) is 3.36. The summed E-state index contributed by atoms with van der Waals surface area (Å²) in [6, 6.07) is 6.45. The topological polar surface area (TPSA) is 49.2 Å². The molecule has 0 bridgehead atoms. The number of benzene rings is 1. The molecule has 0 aliphatic carbocycles. The van der Waals surface area contributed by atoms with Gasteiger partial charge in [0.2, 0.25) is 0 Å². The van der Waals surface area contributed by atoms with Crippen LogP contribution in [0, 0.1) is 12.7 Å². The van der Waals surface area contributed by atoms with Crippen LogP contribution >= 0.6 is 0 Å². The van der Waals surface area contributed by atoms with E-state index in [-0.39, 0.29) is 11.9 Å². The molecule has 1 aliphatic heterocycles. The van der Waals surface area contributed by atoms with Crippen molar-refractivity contribution in [1.29, 1.82) is 0 Å². The Labute approximate surface area is 123 Å². The average molecular weight is 287 g/mol. The number of aliphatic hydroxyl groups excluding tert-OH is 1. The molecule has 2 aromatic rings. The third-order valence-electron chi connectivity index (χ3n) is 3.80. The van der Waals surface area contributed by atoms with Crippen molar-refractivity contribution in [3.05, 3.63) is 41.8 Å². The van der Waals surface area contributed by atoms with E-state index in [2.05, 4.69) is 9.97 Å². The fourth-order valence-electron chi connectivity index (χ4n) is 2.65. The van der Waals surface area contributed by atoms with E-state index in [1.54, 1.807) is 12.3 Å². The molecule has 1 atom stereocenters. The third-order valence-corrected chi connectivity index (χ3v) is 3.80. The summed E-state index contributed by atoms with van der Waals surface area (Å²) in [5.74, 6) is 1.00. The number of hydrogen-bond donors (Lipinski definition) is 1. The number of halogens is 1. The van der Waals surface area contributed by atoms with Gasteiger partial charge in [0, 0.05) is 24.8 Å². The molecule has 1 fully saturated rings. The number of hydrogen-bond acceptors (Lipinski definition) is 4. The molecule has 0 amide bonds. The summed E-state index contributed by atoms with van der Waals surface area (Å²) in [5.41, 5.74) is 1.64. The Morgan fingerprint density at radius 1 is 1.33 bits per heavy atom. The number of aromatic nitrogens is 2. The molecule has 1 saturated heterocycles. The maximum atomic E-state index is 13.4. The van der Waals surface area contributed by atoms with E-state index in [1.807, 2.05) is 17.9 Å². The molecule has 0 saturated carbocycles. The minimum absolute atomic E-state index is 0.294. The summed E-state index contributed by atoms with van der Waals surface area (Å²) < 4.78 is 13.4. The van der Waals surface area contributed by atoms with Crippen LogP contribution in [-0.2, 0) is 0 Å². The van der Waals surface area contributed by atoms with Crippen LogP contribution in [0.1, 0.15) is 18.4 Å². The van der Waals surface area contributed by atoms with Crippen LogP contribution in [0.15, 0.2) is 30.5 Å². The van der Waals surface area contributed by atoms with Crippen LogP contribution in [-0.4, -0.2) is 34.3 Å². The van der Waals surface area contributed by atoms with E-state index >= 15 is 0 Å². The van der Waals surface area contributed by atoms with Gasteiger partial charge in [-0.2, -0.15) is 0 Å². The van der Waals surface area contributed by atoms with Crippen LogP contribution in [0.3, 0.4) is 0 Å². The molecular weight excluding hydrogens is 269 g/mol. The lowest BCUT2D eigenvalue weighted by molar-refractivity contribution is 0.154. The third kappa shape index (κ3) is 3.03. The van der Waals surface area contributed by atoms with Gasteiger partial charge in [-0.15, -0.1) is 0 Å². The second kappa shape index (κ2) is 5.77. The minimum Gasteiger partial charge on any atom is -0.391 e. The van der Waals surface area contributed by atoms with Crippen molar-refractivity contribution < 1.29 is 9.50 Å². The Morgan fingerprint density at radius 3 is 3.00 bits per heavy atom. The van der Waals surface area contributed by atoms with Gasteiger partial charge in [0.15, 0.2) is 5.82 Å². The predicted octanol–water partition coefficient (Wildman–Crippen LogP) is 2.55. The normalized spacial score (nSPS) is 18.8. The highest BCUT2D eigenvalue weighted by Crippen LogP contribution is 2.24. The Kier molecular flexibility index (Phi) is 3.84. The highest BCUT2D eigenvalue weighted by molar-refractivity contribution is 5.61. The highest BCUT2D eigenvalue weighted by atomic mass is 19.1. The van der Waals surface area contributed by atoms with Crippen molar-refractivity contribution in [2.24, 2.45) is 0 Å². The van der Waals surface area contributed by atoms with Crippen molar-refractivity contribution in [1.82, 2.24) is 9.97 Å². The Bertz CT molecular complexity index is 647. The molecule has 3 rings (SSSR count). The maximum Gasteiger partial charge on any atom is 0.161 e. The zero-order chi connectivity index (χ0) is 14.8. The van der Waals surface area contributed by atoms with Crippen LogP contribution in [0.2, 0.25) is 0 Å². The van der Waals surface area contributed by atoms with E-state index < -0.39 is 0 Å². The fraction of sp³-hybridized carbons (Fsp3) is 0.375. The molecule has 1 aromatic heterocycles. The number of anilines is 1. The lowest BCUT2D eigenvalue weighted by Gasteiger charge is -2.31. The summed E-state index contributed by atoms with van der Waals surface area (Å²) in [5, 5.41) is 9.77. The van der Waals surface area contributed by atoms with Gasteiger partial charge in [-0.3, -0.25) is 0 Å². The first-order valence-electron chi connectivity index (χ1n) is 7.16.